The number of nitrogens with two attached hydrogens (primary N) is 1. The maximum atomic E-state index is 14.0. The lowest BCUT2D eigenvalue weighted by molar-refractivity contribution is -0.122. The van der Waals surface area contributed by atoms with Gasteiger partial charge in [0.05, 0.1) is 12.0 Å². The molecule has 182 valence electrons. The fourth-order valence-electron chi connectivity index (χ4n) is 4.83. The molecule has 35 heavy (non-hydrogen) atoms. The molecule has 0 spiro atoms. The largest absolute Gasteiger partial charge is 0.458 e. The van der Waals surface area contributed by atoms with E-state index in [2.05, 4.69) is 5.32 Å². The SMILES string of the molecule is CCNC(=O)N1C(C=Cc2ccccc2)C(C(=O)c2ccc(C)o2)C(c2sccc2C)C1C(N)=O. The highest BCUT2D eigenvalue weighted by Gasteiger charge is 2.56. The zero-order chi connectivity index (χ0) is 25.1. The summed E-state index contributed by atoms with van der Waals surface area (Å²) in [5.74, 6) is -1.49. The summed E-state index contributed by atoms with van der Waals surface area (Å²) in [7, 11) is 0. The van der Waals surface area contributed by atoms with Crippen LogP contribution in [0.15, 0.2) is 64.4 Å². The minimum Gasteiger partial charge on any atom is -0.458 e. The van der Waals surface area contributed by atoms with Crippen LogP contribution in [-0.4, -0.2) is 41.2 Å². The molecule has 4 rings (SSSR count). The molecule has 1 aliphatic rings. The first-order valence-corrected chi connectivity index (χ1v) is 12.4. The fraction of sp³-hybridized carbons (Fsp3) is 0.296. The van der Waals surface area contributed by atoms with Gasteiger partial charge in [-0.25, -0.2) is 4.79 Å². The van der Waals surface area contributed by atoms with Gasteiger partial charge in [0.2, 0.25) is 11.7 Å². The number of urea groups is 1. The van der Waals surface area contributed by atoms with E-state index in [4.69, 9.17) is 10.2 Å². The number of primary amides is 1. The number of rotatable bonds is 7. The number of carbonyl (C=O) groups is 3. The van der Waals surface area contributed by atoms with Gasteiger partial charge in [-0.15, -0.1) is 11.3 Å². The van der Waals surface area contributed by atoms with Crippen molar-refractivity contribution < 1.29 is 18.8 Å². The van der Waals surface area contributed by atoms with E-state index >= 15 is 0 Å². The van der Waals surface area contributed by atoms with Crippen molar-refractivity contribution in [3.8, 4) is 0 Å². The van der Waals surface area contributed by atoms with Crippen LogP contribution in [0.4, 0.5) is 4.79 Å². The van der Waals surface area contributed by atoms with Crippen LogP contribution in [0.5, 0.6) is 0 Å². The van der Waals surface area contributed by atoms with Crippen molar-refractivity contribution in [1.82, 2.24) is 10.2 Å². The highest BCUT2D eigenvalue weighted by Crippen LogP contribution is 2.47. The minimum absolute atomic E-state index is 0.200. The number of hydrogen-bond donors (Lipinski definition) is 2. The molecule has 1 aromatic carbocycles. The monoisotopic (exact) mass is 491 g/mol. The van der Waals surface area contributed by atoms with Gasteiger partial charge in [0.15, 0.2) is 5.76 Å². The number of Topliss-reactive ketones (excluding diaryl/α,β-unsaturated/α-hetero) is 1. The van der Waals surface area contributed by atoms with Crippen LogP contribution < -0.4 is 11.1 Å². The third-order valence-electron chi connectivity index (χ3n) is 6.35. The molecule has 7 nitrogen and oxygen atoms in total. The van der Waals surface area contributed by atoms with E-state index in [1.54, 1.807) is 26.0 Å². The van der Waals surface area contributed by atoms with E-state index in [-0.39, 0.29) is 11.5 Å². The Hall–Kier alpha value is -3.65. The number of likely N-dealkylation sites (tertiary alicyclic amines) is 1. The Kier molecular flexibility index (Phi) is 7.21. The molecule has 4 atom stereocenters. The summed E-state index contributed by atoms with van der Waals surface area (Å²) in [6.07, 6.45) is 3.69. The predicted octanol–water partition coefficient (Wildman–Crippen LogP) is 4.52. The number of thiophene rings is 1. The maximum Gasteiger partial charge on any atom is 0.318 e. The van der Waals surface area contributed by atoms with E-state index in [0.29, 0.717) is 12.3 Å². The van der Waals surface area contributed by atoms with E-state index in [1.807, 2.05) is 60.9 Å². The molecule has 2 aromatic heterocycles. The van der Waals surface area contributed by atoms with Crippen molar-refractivity contribution in [3.05, 3.63) is 87.5 Å². The zero-order valence-corrected chi connectivity index (χ0v) is 20.7. The van der Waals surface area contributed by atoms with Gasteiger partial charge in [-0.2, -0.15) is 0 Å². The molecule has 0 saturated carbocycles. The standard InChI is InChI=1S/C27H29N3O4S/c1-4-29-27(33)30-19(12-11-18-8-6-5-7-9-18)21(24(31)20-13-10-17(3)34-20)22(23(30)26(28)32)25-16(2)14-15-35-25/h5-15,19,21-23H,4H2,1-3H3,(H2,28,32)(H,29,33). The highest BCUT2D eigenvalue weighted by molar-refractivity contribution is 7.10. The van der Waals surface area contributed by atoms with Crippen LogP contribution in [0, 0.1) is 19.8 Å². The molecule has 0 bridgehead atoms. The number of nitrogens with zero attached hydrogens (tertiary/aromatic N) is 1. The van der Waals surface area contributed by atoms with Crippen LogP contribution in [-0.2, 0) is 4.79 Å². The predicted molar refractivity (Wildman–Crippen MR) is 136 cm³/mol. The van der Waals surface area contributed by atoms with E-state index < -0.39 is 35.9 Å². The molecule has 1 saturated heterocycles. The first-order valence-electron chi connectivity index (χ1n) is 11.6. The van der Waals surface area contributed by atoms with Crippen molar-refractivity contribution in [1.29, 1.82) is 0 Å². The van der Waals surface area contributed by atoms with Gasteiger partial charge in [-0.3, -0.25) is 9.59 Å². The molecule has 3 N–H and O–H groups in total. The molecular formula is C27H29N3O4S. The van der Waals surface area contributed by atoms with Crippen LogP contribution in [0.25, 0.3) is 6.08 Å². The molecular weight excluding hydrogens is 462 g/mol. The molecule has 1 aliphatic heterocycles. The summed E-state index contributed by atoms with van der Waals surface area (Å²) >= 11 is 1.46. The van der Waals surface area contributed by atoms with Crippen molar-refractivity contribution >= 4 is 35.1 Å². The Balaban J connectivity index is 1.91. The van der Waals surface area contributed by atoms with E-state index in [9.17, 15) is 14.4 Å². The maximum absolute atomic E-state index is 14.0. The van der Waals surface area contributed by atoms with Gasteiger partial charge in [0, 0.05) is 17.3 Å². The van der Waals surface area contributed by atoms with Crippen LogP contribution in [0.1, 0.15) is 45.2 Å². The van der Waals surface area contributed by atoms with Gasteiger partial charge in [0.1, 0.15) is 11.8 Å². The van der Waals surface area contributed by atoms with Gasteiger partial charge >= 0.3 is 6.03 Å². The molecule has 3 aromatic rings. The second-order valence-corrected chi connectivity index (χ2v) is 9.59. The number of aryl methyl sites for hydroxylation is 2. The Bertz CT molecular complexity index is 1250. The normalized spacial score (nSPS) is 22.0. The van der Waals surface area contributed by atoms with Gasteiger partial charge in [-0.1, -0.05) is 42.5 Å². The average Bonchev–Trinajstić information content (AvgIpc) is 3.54. The quantitative estimate of drug-likeness (QED) is 0.474. The summed E-state index contributed by atoms with van der Waals surface area (Å²) in [4.78, 5) is 42.5. The molecule has 8 heteroatoms. The first kappa shape index (κ1) is 24.5. The third-order valence-corrected chi connectivity index (χ3v) is 7.47. The number of amides is 3. The van der Waals surface area contributed by atoms with Gasteiger partial charge in [0.25, 0.3) is 0 Å². The number of furan rings is 1. The Morgan fingerprint density at radius 2 is 1.86 bits per heavy atom. The van der Waals surface area contributed by atoms with Crippen LogP contribution in [0.3, 0.4) is 0 Å². The van der Waals surface area contributed by atoms with Crippen molar-refractivity contribution in [2.75, 3.05) is 6.54 Å². The Morgan fingerprint density at radius 3 is 2.43 bits per heavy atom. The lowest BCUT2D eigenvalue weighted by atomic mass is 9.80. The summed E-state index contributed by atoms with van der Waals surface area (Å²) in [5, 5.41) is 4.72. The summed E-state index contributed by atoms with van der Waals surface area (Å²) < 4.78 is 5.70. The Morgan fingerprint density at radius 1 is 1.11 bits per heavy atom. The number of nitrogens with one attached hydrogen (secondary N) is 1. The molecule has 0 radical (unpaired) electrons. The molecule has 0 aliphatic carbocycles. The zero-order valence-electron chi connectivity index (χ0n) is 19.9. The smallest absolute Gasteiger partial charge is 0.318 e. The van der Waals surface area contributed by atoms with Crippen LogP contribution in [0.2, 0.25) is 0 Å². The molecule has 3 amide bonds. The highest BCUT2D eigenvalue weighted by atomic mass is 32.1. The minimum atomic E-state index is -1.01. The van der Waals surface area contributed by atoms with Crippen molar-refractivity contribution in [2.24, 2.45) is 11.7 Å². The number of hydrogen-bond acceptors (Lipinski definition) is 5. The Labute approximate surface area is 208 Å². The van der Waals surface area contributed by atoms with Gasteiger partial charge in [-0.05, 0) is 55.5 Å². The summed E-state index contributed by atoms with van der Waals surface area (Å²) in [6, 6.07) is 12.8. The average molecular weight is 492 g/mol. The second-order valence-electron chi connectivity index (χ2n) is 8.64. The number of ketones is 1. The van der Waals surface area contributed by atoms with Crippen molar-refractivity contribution in [2.45, 2.75) is 38.8 Å². The fourth-order valence-corrected chi connectivity index (χ4v) is 5.93. The van der Waals surface area contributed by atoms with E-state index in [0.717, 1.165) is 16.0 Å². The number of carbonyl (C=O) groups excluding carboxylic acids is 3. The van der Waals surface area contributed by atoms with Crippen molar-refractivity contribution in [3.63, 3.8) is 0 Å². The van der Waals surface area contributed by atoms with E-state index in [1.165, 1.54) is 16.2 Å². The third kappa shape index (κ3) is 4.79. The second kappa shape index (κ2) is 10.3. The molecule has 3 heterocycles. The first-order chi connectivity index (χ1) is 16.8. The van der Waals surface area contributed by atoms with Gasteiger partial charge < -0.3 is 20.4 Å². The molecule has 1 fully saturated rings. The summed E-state index contributed by atoms with van der Waals surface area (Å²) in [6.45, 7) is 5.88. The lowest BCUT2D eigenvalue weighted by Crippen LogP contribution is -2.52. The number of benzene rings is 1. The lowest BCUT2D eigenvalue weighted by Gasteiger charge is -2.28. The molecule has 4 unspecified atom stereocenters. The summed E-state index contributed by atoms with van der Waals surface area (Å²) in [5.41, 5.74) is 7.79. The topological polar surface area (TPSA) is 106 Å². The van der Waals surface area contributed by atoms with Crippen LogP contribution >= 0.6 is 11.3 Å².